The second-order valence-electron chi connectivity index (χ2n) is 9.90. The number of carbonyl (C=O) groups is 1. The summed E-state index contributed by atoms with van der Waals surface area (Å²) in [6, 6.07) is 6.60. The number of rotatable bonds is 11. The van der Waals surface area contributed by atoms with Crippen LogP contribution in [-0.2, 0) is 23.4 Å². The van der Waals surface area contributed by atoms with E-state index in [0.717, 1.165) is 11.5 Å². The van der Waals surface area contributed by atoms with E-state index in [1.165, 1.54) is 25.4 Å². The molecule has 1 fully saturated rings. The monoisotopic (exact) mass is 598 g/mol. The Morgan fingerprint density at radius 3 is 2.61 bits per heavy atom. The average molecular weight is 599 g/mol. The van der Waals surface area contributed by atoms with Gasteiger partial charge in [0.15, 0.2) is 35.0 Å². The van der Waals surface area contributed by atoms with E-state index in [-0.39, 0.29) is 18.0 Å². The van der Waals surface area contributed by atoms with Gasteiger partial charge < -0.3 is 24.0 Å². The summed E-state index contributed by atoms with van der Waals surface area (Å²) in [5, 5.41) is 13.2. The van der Waals surface area contributed by atoms with Crippen LogP contribution in [-0.4, -0.2) is 81.6 Å². The number of carbonyl (C=O) groups excluding carboxylic acids is 1. The molecule has 0 aliphatic carbocycles. The van der Waals surface area contributed by atoms with Gasteiger partial charge in [-0.15, -0.1) is 0 Å². The van der Waals surface area contributed by atoms with E-state index in [9.17, 15) is 14.5 Å². The minimum Gasteiger partial charge on any atom is -0.465 e. The molecule has 1 aliphatic heterocycles. The number of ether oxygens (including phenoxy) is 2. The summed E-state index contributed by atoms with van der Waals surface area (Å²) >= 11 is 0. The van der Waals surface area contributed by atoms with Crippen LogP contribution in [0.3, 0.4) is 0 Å². The largest absolute Gasteiger partial charge is 0.465 e. The Hall–Kier alpha value is -3.23. The fourth-order valence-corrected chi connectivity index (χ4v) is 5.80. The van der Waals surface area contributed by atoms with Gasteiger partial charge in [-0.3, -0.25) is 13.9 Å². The van der Waals surface area contributed by atoms with Crippen molar-refractivity contribution in [2.75, 3.05) is 32.2 Å². The van der Waals surface area contributed by atoms with Crippen LogP contribution in [0.1, 0.15) is 32.8 Å². The van der Waals surface area contributed by atoms with Crippen LogP contribution in [0, 0.1) is 6.92 Å². The first-order valence-corrected chi connectivity index (χ1v) is 14.3. The zero-order chi connectivity index (χ0) is 30.2. The van der Waals surface area contributed by atoms with E-state index in [2.05, 4.69) is 20.0 Å². The maximum Gasteiger partial charge on any atom is 0.459 e. The minimum absolute atomic E-state index is 0.0586. The second kappa shape index (κ2) is 11.6. The number of hydrogen-bond acceptors (Lipinski definition) is 11. The minimum atomic E-state index is -4.53. The molecule has 2 aromatic heterocycles. The van der Waals surface area contributed by atoms with Crippen molar-refractivity contribution in [1.29, 1.82) is 0 Å². The summed E-state index contributed by atoms with van der Waals surface area (Å²) < 4.78 is 68.3. The molecule has 1 aliphatic rings. The number of aromatic nitrogens is 4. The van der Waals surface area contributed by atoms with E-state index in [4.69, 9.17) is 18.5 Å². The zero-order valence-corrected chi connectivity index (χ0v) is 24.3. The summed E-state index contributed by atoms with van der Waals surface area (Å²) in [7, 11) is -1.05. The van der Waals surface area contributed by atoms with Crippen molar-refractivity contribution in [1.82, 2.24) is 24.6 Å². The maximum absolute atomic E-state index is 16.2. The van der Waals surface area contributed by atoms with Gasteiger partial charge in [0.25, 0.3) is 5.85 Å². The predicted molar refractivity (Wildman–Crippen MR) is 144 cm³/mol. The van der Waals surface area contributed by atoms with Crippen molar-refractivity contribution in [2.45, 2.75) is 57.6 Å². The van der Waals surface area contributed by atoms with Gasteiger partial charge in [-0.05, 0) is 39.8 Å². The van der Waals surface area contributed by atoms with Crippen molar-refractivity contribution >= 4 is 30.7 Å². The SMILES string of the molecule is CCOC(=O)[C@@H](C)N[P@@](=O)(OC[C@@]1(F)O[C@@H](n2cnc3c(N(C)C)nc(C)nc32)[C@](C)(F)[C@@H]1O)Oc1ccccc1. The first kappa shape index (κ1) is 30.7. The number of nitrogens with zero attached hydrogens (tertiary/aromatic N) is 5. The van der Waals surface area contributed by atoms with Crippen molar-refractivity contribution in [3.8, 4) is 5.75 Å². The maximum atomic E-state index is 16.2. The molecule has 13 nitrogen and oxygen atoms in total. The Morgan fingerprint density at radius 2 is 1.98 bits per heavy atom. The van der Waals surface area contributed by atoms with Crippen LogP contribution in [0.5, 0.6) is 5.75 Å². The van der Waals surface area contributed by atoms with E-state index in [1.807, 2.05) is 0 Å². The van der Waals surface area contributed by atoms with Crippen LogP contribution in [0.15, 0.2) is 36.7 Å². The first-order chi connectivity index (χ1) is 19.2. The number of para-hydroxylation sites is 1. The van der Waals surface area contributed by atoms with Crippen LogP contribution < -0.4 is 14.5 Å². The molecule has 0 radical (unpaired) electrons. The fourth-order valence-electron chi connectivity index (χ4n) is 4.29. The van der Waals surface area contributed by atoms with Crippen molar-refractivity contribution in [3.63, 3.8) is 0 Å². The normalized spacial score (nSPS) is 26.5. The van der Waals surface area contributed by atoms with Gasteiger partial charge >= 0.3 is 13.7 Å². The summed E-state index contributed by atoms with van der Waals surface area (Å²) in [6.45, 7) is 4.35. The lowest BCUT2D eigenvalue weighted by molar-refractivity contribution is -0.202. The molecule has 1 aromatic carbocycles. The summed E-state index contributed by atoms with van der Waals surface area (Å²) in [4.78, 5) is 26.8. The lowest BCUT2D eigenvalue weighted by Gasteiger charge is -2.28. The molecule has 0 amide bonds. The number of halogens is 2. The van der Waals surface area contributed by atoms with Crippen LogP contribution in [0.2, 0.25) is 0 Å². The Labute approximate surface area is 235 Å². The summed E-state index contributed by atoms with van der Waals surface area (Å²) in [5.74, 6) is -3.11. The quantitative estimate of drug-likeness (QED) is 0.246. The highest BCUT2D eigenvalue weighted by Gasteiger charge is 2.65. The zero-order valence-electron chi connectivity index (χ0n) is 23.4. The lowest BCUT2D eigenvalue weighted by Crippen LogP contribution is -2.47. The molecule has 6 atom stereocenters. The molecule has 224 valence electrons. The van der Waals surface area contributed by atoms with Crippen molar-refractivity contribution in [3.05, 3.63) is 42.5 Å². The van der Waals surface area contributed by atoms with Crippen LogP contribution in [0.25, 0.3) is 11.2 Å². The Bertz CT molecular complexity index is 1440. The van der Waals surface area contributed by atoms with Gasteiger partial charge in [0.2, 0.25) is 0 Å². The van der Waals surface area contributed by atoms with E-state index >= 15 is 8.78 Å². The number of alkyl halides is 2. The Morgan fingerprint density at radius 1 is 1.29 bits per heavy atom. The molecule has 0 spiro atoms. The third kappa shape index (κ3) is 6.19. The number of imidazole rings is 1. The number of aryl methyl sites for hydroxylation is 1. The van der Waals surface area contributed by atoms with E-state index in [0.29, 0.717) is 17.2 Å². The highest BCUT2D eigenvalue weighted by molar-refractivity contribution is 7.52. The smallest absolute Gasteiger partial charge is 0.459 e. The van der Waals surface area contributed by atoms with E-state index < -0.39 is 50.2 Å². The molecule has 0 unspecified atom stereocenters. The van der Waals surface area contributed by atoms with Crippen LogP contribution in [0.4, 0.5) is 14.6 Å². The number of anilines is 1. The molecule has 41 heavy (non-hydrogen) atoms. The van der Waals surface area contributed by atoms with Gasteiger partial charge in [0, 0.05) is 14.1 Å². The standard InChI is InChI=1S/C25H33F2N6O7P/c1-7-37-21(34)15(2)31-41(36,40-17-11-9-8-10-12-17)38-13-25(27)22(35)24(4,26)23(39-25)33-14-28-18-19(32(5)6)29-16(3)30-20(18)33/h8-12,14-15,22-23,35H,7,13H2,1-6H3,(H,31,36)/t15-,22+,23-,24-,25-,41-/m1/s1. The number of aliphatic hydroxyl groups excluding tert-OH is 1. The van der Waals surface area contributed by atoms with Crippen LogP contribution >= 0.6 is 7.75 Å². The van der Waals surface area contributed by atoms with Gasteiger partial charge in [-0.1, -0.05) is 18.2 Å². The highest BCUT2D eigenvalue weighted by Crippen LogP contribution is 2.52. The van der Waals surface area contributed by atoms with Gasteiger partial charge in [0.05, 0.1) is 12.9 Å². The van der Waals surface area contributed by atoms with Gasteiger partial charge in [-0.2, -0.15) is 5.09 Å². The average Bonchev–Trinajstić information content (AvgIpc) is 3.40. The molecular weight excluding hydrogens is 565 g/mol. The number of hydrogen-bond donors (Lipinski definition) is 2. The summed E-state index contributed by atoms with van der Waals surface area (Å²) in [6.07, 6.45) is -2.94. The second-order valence-corrected chi connectivity index (χ2v) is 11.6. The van der Waals surface area contributed by atoms with Crippen molar-refractivity contribution < 1.29 is 41.8 Å². The number of benzene rings is 1. The third-order valence-corrected chi connectivity index (χ3v) is 7.94. The topological polar surface area (TPSA) is 150 Å². The number of fused-ring (bicyclic) bond motifs is 1. The van der Waals surface area contributed by atoms with Gasteiger partial charge in [0.1, 0.15) is 24.2 Å². The molecule has 3 aromatic rings. The predicted octanol–water partition coefficient (Wildman–Crippen LogP) is 3.23. The fraction of sp³-hybridized carbons (Fsp3) is 0.520. The number of aliphatic hydroxyl groups is 1. The molecule has 0 saturated carbocycles. The first-order valence-electron chi connectivity index (χ1n) is 12.8. The van der Waals surface area contributed by atoms with Gasteiger partial charge in [-0.25, -0.2) is 28.3 Å². The molecule has 4 rings (SSSR count). The third-order valence-electron chi connectivity index (χ3n) is 6.32. The number of esters is 1. The molecule has 0 bridgehead atoms. The molecule has 2 N–H and O–H groups in total. The molecular formula is C25H33F2N6O7P. The highest BCUT2D eigenvalue weighted by atomic mass is 31.2. The lowest BCUT2D eigenvalue weighted by atomic mass is 9.97. The summed E-state index contributed by atoms with van der Waals surface area (Å²) in [5.41, 5.74) is -2.27. The number of nitrogens with one attached hydrogen (secondary N) is 1. The molecule has 3 heterocycles. The van der Waals surface area contributed by atoms with E-state index in [1.54, 1.807) is 51.0 Å². The van der Waals surface area contributed by atoms with Crippen molar-refractivity contribution in [2.24, 2.45) is 0 Å². The Kier molecular flexibility index (Phi) is 8.67. The molecule has 16 heteroatoms. The Balaban J connectivity index is 1.63. The molecule has 1 saturated heterocycles.